The first-order valence-electron chi connectivity index (χ1n) is 6.62. The maximum Gasteiger partial charge on any atom is 0.260 e. The van der Waals surface area contributed by atoms with Crippen LogP contribution in [0.1, 0.15) is 12.5 Å². The molecule has 0 radical (unpaired) electrons. The van der Waals surface area contributed by atoms with Crippen LogP contribution in [0, 0.1) is 0 Å². The molecule has 1 aromatic carbocycles. The molecule has 1 fully saturated rings. The van der Waals surface area contributed by atoms with Crippen LogP contribution in [0.3, 0.4) is 0 Å². The summed E-state index contributed by atoms with van der Waals surface area (Å²) >= 11 is 0. The van der Waals surface area contributed by atoms with E-state index >= 15 is 0 Å². The minimum absolute atomic E-state index is 0.0679. The fraction of sp³-hybridized carbons (Fsp3) is 0.429. The molecular formula is C14H18N2O5. The number of phenols is 1. The number of hydrogen-bond acceptors (Lipinski definition) is 6. The van der Waals surface area contributed by atoms with Gasteiger partial charge < -0.3 is 24.7 Å². The second-order valence-electron chi connectivity index (χ2n) is 4.65. The maximum atomic E-state index is 11.9. The molecule has 1 amide bonds. The van der Waals surface area contributed by atoms with E-state index in [1.54, 1.807) is 24.0 Å². The van der Waals surface area contributed by atoms with Gasteiger partial charge in [-0.05, 0) is 19.1 Å². The monoisotopic (exact) mass is 294 g/mol. The Morgan fingerprint density at radius 2 is 2.14 bits per heavy atom. The van der Waals surface area contributed by atoms with Gasteiger partial charge in [0.05, 0.1) is 18.9 Å². The molecule has 1 heterocycles. The quantitative estimate of drug-likeness (QED) is 0.487. The molecule has 1 saturated heterocycles. The van der Waals surface area contributed by atoms with Gasteiger partial charge in [-0.3, -0.25) is 4.79 Å². The van der Waals surface area contributed by atoms with Gasteiger partial charge >= 0.3 is 0 Å². The van der Waals surface area contributed by atoms with Crippen molar-refractivity contribution in [3.63, 3.8) is 0 Å². The van der Waals surface area contributed by atoms with Gasteiger partial charge in [0.1, 0.15) is 11.5 Å². The minimum atomic E-state index is -0.116. The molecule has 2 N–H and O–H groups in total. The number of hydrogen-bond donors (Lipinski definition) is 2. The number of carbonyl (C=O) groups excluding carboxylic acids is 1. The van der Waals surface area contributed by atoms with E-state index in [9.17, 15) is 9.90 Å². The van der Waals surface area contributed by atoms with Crippen molar-refractivity contribution in [2.75, 3.05) is 32.9 Å². The average molecular weight is 294 g/mol. The molecular weight excluding hydrogens is 276 g/mol. The van der Waals surface area contributed by atoms with Gasteiger partial charge in [-0.2, -0.15) is 0 Å². The summed E-state index contributed by atoms with van der Waals surface area (Å²) in [7, 11) is 0. The van der Waals surface area contributed by atoms with Crippen LogP contribution < -0.4 is 4.74 Å². The summed E-state index contributed by atoms with van der Waals surface area (Å²) in [5.41, 5.74) is 0.702. The molecule has 0 aliphatic carbocycles. The van der Waals surface area contributed by atoms with E-state index in [4.69, 9.17) is 14.7 Å². The highest BCUT2D eigenvalue weighted by Gasteiger charge is 2.17. The van der Waals surface area contributed by atoms with Gasteiger partial charge in [0.2, 0.25) is 0 Å². The standard InChI is InChI=1S/C14H18N2O5/c1-10(15-19)12-3-2-11(8-13(12)17)21-9-14(18)16-4-6-20-7-5-16/h2-3,8,17,19H,4-7,9H2,1H3. The molecule has 1 aliphatic rings. The fourth-order valence-electron chi connectivity index (χ4n) is 2.01. The Balaban J connectivity index is 1.94. The van der Waals surface area contributed by atoms with E-state index < -0.39 is 0 Å². The van der Waals surface area contributed by atoms with Gasteiger partial charge in [-0.1, -0.05) is 5.16 Å². The van der Waals surface area contributed by atoms with Crippen LogP contribution >= 0.6 is 0 Å². The Kier molecular flexibility index (Phi) is 4.99. The van der Waals surface area contributed by atoms with Crippen LogP contribution in [-0.2, 0) is 9.53 Å². The summed E-state index contributed by atoms with van der Waals surface area (Å²) in [6.07, 6.45) is 0. The van der Waals surface area contributed by atoms with Crippen LogP contribution in [0.2, 0.25) is 0 Å². The molecule has 7 nitrogen and oxygen atoms in total. The number of morpholine rings is 1. The molecule has 0 aromatic heterocycles. The van der Waals surface area contributed by atoms with Crippen LogP contribution in [-0.4, -0.2) is 59.7 Å². The highest BCUT2D eigenvalue weighted by atomic mass is 16.5. The molecule has 114 valence electrons. The summed E-state index contributed by atoms with van der Waals surface area (Å²) in [5, 5.41) is 21.5. The van der Waals surface area contributed by atoms with E-state index in [0.29, 0.717) is 43.3 Å². The van der Waals surface area contributed by atoms with Gasteiger partial charge in [0.15, 0.2) is 6.61 Å². The normalized spacial score (nSPS) is 15.9. The molecule has 0 atom stereocenters. The molecule has 1 aliphatic heterocycles. The topological polar surface area (TPSA) is 91.6 Å². The van der Waals surface area contributed by atoms with Crippen molar-refractivity contribution < 1.29 is 24.6 Å². The van der Waals surface area contributed by atoms with Crippen molar-refractivity contribution in [1.82, 2.24) is 4.90 Å². The third-order valence-corrected chi connectivity index (χ3v) is 3.24. The summed E-state index contributed by atoms with van der Waals surface area (Å²) in [4.78, 5) is 13.6. The zero-order chi connectivity index (χ0) is 15.2. The van der Waals surface area contributed by atoms with Gasteiger partial charge in [0.25, 0.3) is 5.91 Å². The Hall–Kier alpha value is -2.28. The SMILES string of the molecule is CC(=NO)c1ccc(OCC(=O)N2CCOCC2)cc1O. The summed E-state index contributed by atoms with van der Waals surface area (Å²) in [5.74, 6) is 0.195. The fourth-order valence-corrected chi connectivity index (χ4v) is 2.01. The van der Waals surface area contributed by atoms with Crippen molar-refractivity contribution in [3.05, 3.63) is 23.8 Å². The van der Waals surface area contributed by atoms with Crippen LogP contribution in [0.15, 0.2) is 23.4 Å². The Bertz CT molecular complexity index is 538. The van der Waals surface area contributed by atoms with Crippen molar-refractivity contribution in [2.45, 2.75) is 6.92 Å². The maximum absolute atomic E-state index is 11.9. The predicted molar refractivity (Wildman–Crippen MR) is 75.0 cm³/mol. The number of amides is 1. The first-order valence-corrected chi connectivity index (χ1v) is 6.62. The number of carbonyl (C=O) groups is 1. The van der Waals surface area contributed by atoms with E-state index in [1.807, 2.05) is 0 Å². The zero-order valence-electron chi connectivity index (χ0n) is 11.8. The highest BCUT2D eigenvalue weighted by molar-refractivity contribution is 6.00. The molecule has 0 saturated carbocycles. The summed E-state index contributed by atoms with van der Waals surface area (Å²) in [6, 6.07) is 4.56. The Labute approximate surface area is 122 Å². The van der Waals surface area contributed by atoms with E-state index in [2.05, 4.69) is 5.16 Å². The largest absolute Gasteiger partial charge is 0.507 e. The molecule has 0 bridgehead atoms. The number of nitrogens with zero attached hydrogens (tertiary/aromatic N) is 2. The first kappa shape index (κ1) is 15.1. The van der Waals surface area contributed by atoms with E-state index in [1.165, 1.54) is 6.07 Å². The van der Waals surface area contributed by atoms with Crippen molar-refractivity contribution in [1.29, 1.82) is 0 Å². The lowest BCUT2D eigenvalue weighted by Crippen LogP contribution is -2.42. The van der Waals surface area contributed by atoms with Crippen LogP contribution in [0.5, 0.6) is 11.5 Å². The molecule has 7 heteroatoms. The first-order chi connectivity index (χ1) is 10.1. The highest BCUT2D eigenvalue weighted by Crippen LogP contribution is 2.24. The summed E-state index contributed by atoms with van der Waals surface area (Å²) in [6.45, 7) is 3.70. The lowest BCUT2D eigenvalue weighted by Gasteiger charge is -2.26. The number of ether oxygens (including phenoxy) is 2. The van der Waals surface area contributed by atoms with E-state index in [-0.39, 0.29) is 18.3 Å². The van der Waals surface area contributed by atoms with Gasteiger partial charge in [0, 0.05) is 24.7 Å². The minimum Gasteiger partial charge on any atom is -0.507 e. The molecule has 0 unspecified atom stereocenters. The summed E-state index contributed by atoms with van der Waals surface area (Å²) < 4.78 is 10.6. The third-order valence-electron chi connectivity index (χ3n) is 3.24. The zero-order valence-corrected chi connectivity index (χ0v) is 11.8. The van der Waals surface area contributed by atoms with Crippen LogP contribution in [0.25, 0.3) is 0 Å². The second kappa shape index (κ2) is 6.94. The lowest BCUT2D eigenvalue weighted by molar-refractivity contribution is -0.137. The van der Waals surface area contributed by atoms with Crippen molar-refractivity contribution in [2.24, 2.45) is 5.16 Å². The Morgan fingerprint density at radius 1 is 1.43 bits per heavy atom. The van der Waals surface area contributed by atoms with E-state index in [0.717, 1.165) is 0 Å². The number of oxime groups is 1. The lowest BCUT2D eigenvalue weighted by atomic mass is 10.1. The second-order valence-corrected chi connectivity index (χ2v) is 4.65. The third kappa shape index (κ3) is 3.85. The number of aromatic hydroxyl groups is 1. The number of benzene rings is 1. The predicted octanol–water partition coefficient (Wildman–Crippen LogP) is 0.828. The molecule has 21 heavy (non-hydrogen) atoms. The Morgan fingerprint density at radius 3 is 2.76 bits per heavy atom. The molecule has 1 aromatic rings. The van der Waals surface area contributed by atoms with Gasteiger partial charge in [-0.25, -0.2) is 0 Å². The average Bonchev–Trinajstić information content (AvgIpc) is 2.52. The van der Waals surface area contributed by atoms with Crippen molar-refractivity contribution in [3.8, 4) is 11.5 Å². The molecule has 2 rings (SSSR count). The number of phenolic OH excluding ortho intramolecular Hbond substituents is 1. The van der Waals surface area contributed by atoms with Gasteiger partial charge in [-0.15, -0.1) is 0 Å². The van der Waals surface area contributed by atoms with Crippen molar-refractivity contribution >= 4 is 11.6 Å². The smallest absolute Gasteiger partial charge is 0.260 e. The molecule has 0 spiro atoms. The van der Waals surface area contributed by atoms with Crippen LogP contribution in [0.4, 0.5) is 0 Å². The number of rotatable bonds is 4.